The number of nitrogens with zero attached hydrogens (tertiary/aromatic N) is 2. The minimum Gasteiger partial charge on any atom is -0.373 e. The van der Waals surface area contributed by atoms with Gasteiger partial charge in [0, 0.05) is 26.2 Å². The summed E-state index contributed by atoms with van der Waals surface area (Å²) in [5, 5.41) is 3.80. The Morgan fingerprint density at radius 3 is 2.88 bits per heavy atom. The first-order valence-electron chi connectivity index (χ1n) is 8.67. The fourth-order valence-corrected chi connectivity index (χ4v) is 3.99. The molecule has 1 amide bonds. The van der Waals surface area contributed by atoms with Gasteiger partial charge in [0.15, 0.2) is 0 Å². The molecule has 0 unspecified atom stereocenters. The van der Waals surface area contributed by atoms with Crippen LogP contribution in [0.25, 0.3) is 10.2 Å². The Morgan fingerprint density at radius 2 is 2.12 bits per heavy atom. The van der Waals surface area contributed by atoms with Crippen molar-refractivity contribution in [2.75, 3.05) is 32.8 Å². The van der Waals surface area contributed by atoms with E-state index < -0.39 is 0 Å². The molecule has 2 atom stereocenters. The van der Waals surface area contributed by atoms with E-state index >= 15 is 0 Å². The molecule has 136 valence electrons. The molecule has 3 rings (SSSR count). The zero-order valence-electron chi connectivity index (χ0n) is 14.7. The Labute approximate surface area is 152 Å². The average Bonchev–Trinajstić information content (AvgIpc) is 2.96. The molecule has 0 saturated carbocycles. The van der Waals surface area contributed by atoms with E-state index in [1.54, 1.807) is 11.3 Å². The fourth-order valence-electron chi connectivity index (χ4n) is 3.08. The highest BCUT2D eigenvalue weighted by Crippen LogP contribution is 2.21. The number of carbonyl (C=O) groups is 1. The Balaban J connectivity index is 1.33. The van der Waals surface area contributed by atoms with Crippen LogP contribution < -0.4 is 5.32 Å². The molecule has 1 aliphatic rings. The molecule has 1 fully saturated rings. The van der Waals surface area contributed by atoms with Gasteiger partial charge in [-0.1, -0.05) is 12.1 Å². The molecular formula is C18H25N3O3S. The molecule has 0 spiro atoms. The third-order valence-electron chi connectivity index (χ3n) is 4.04. The van der Waals surface area contributed by atoms with Crippen LogP contribution in [-0.2, 0) is 20.9 Å². The van der Waals surface area contributed by atoms with Crippen molar-refractivity contribution in [1.82, 2.24) is 15.2 Å². The highest BCUT2D eigenvalue weighted by atomic mass is 32.1. The number of benzene rings is 1. The number of aromatic nitrogens is 1. The molecule has 2 aromatic rings. The summed E-state index contributed by atoms with van der Waals surface area (Å²) in [6, 6.07) is 7.98. The molecule has 6 nitrogen and oxygen atoms in total. The lowest BCUT2D eigenvalue weighted by Gasteiger charge is -2.35. The smallest absolute Gasteiger partial charge is 0.246 e. The van der Waals surface area contributed by atoms with Crippen LogP contribution in [0.3, 0.4) is 0 Å². The second-order valence-corrected chi connectivity index (χ2v) is 7.55. The van der Waals surface area contributed by atoms with Crippen molar-refractivity contribution in [3.63, 3.8) is 0 Å². The Hall–Kier alpha value is -1.54. The summed E-state index contributed by atoms with van der Waals surface area (Å²) < 4.78 is 12.3. The van der Waals surface area contributed by atoms with Crippen LogP contribution in [-0.4, -0.2) is 60.8 Å². The number of rotatable bonds is 7. The molecule has 1 aromatic carbocycles. The monoisotopic (exact) mass is 363 g/mol. The number of nitrogens with one attached hydrogen (secondary N) is 1. The molecule has 1 aliphatic heterocycles. The third-order valence-corrected chi connectivity index (χ3v) is 5.05. The van der Waals surface area contributed by atoms with Crippen molar-refractivity contribution in [3.05, 3.63) is 29.3 Å². The summed E-state index contributed by atoms with van der Waals surface area (Å²) in [4.78, 5) is 18.7. The number of morpholine rings is 1. The molecule has 1 aromatic heterocycles. The van der Waals surface area contributed by atoms with Crippen molar-refractivity contribution < 1.29 is 14.3 Å². The van der Waals surface area contributed by atoms with Crippen molar-refractivity contribution in [2.24, 2.45) is 0 Å². The van der Waals surface area contributed by atoms with Gasteiger partial charge in [-0.05, 0) is 26.0 Å². The molecule has 0 bridgehead atoms. The molecule has 0 radical (unpaired) electrons. The SMILES string of the molecule is C[C@H]1CN(CCNC(=O)COCc2nc3ccccc3s2)C[C@H](C)O1. The molecule has 7 heteroatoms. The van der Waals surface area contributed by atoms with Crippen LogP contribution in [0.15, 0.2) is 24.3 Å². The Morgan fingerprint density at radius 1 is 1.36 bits per heavy atom. The Kier molecular flexibility index (Phi) is 6.36. The van der Waals surface area contributed by atoms with Gasteiger partial charge in [-0.3, -0.25) is 9.69 Å². The predicted molar refractivity (Wildman–Crippen MR) is 98.7 cm³/mol. The summed E-state index contributed by atoms with van der Waals surface area (Å²) in [6.45, 7) is 7.87. The number of hydrogen-bond acceptors (Lipinski definition) is 6. The lowest BCUT2D eigenvalue weighted by molar-refractivity contribution is -0.126. The summed E-state index contributed by atoms with van der Waals surface area (Å²) in [5.41, 5.74) is 0.976. The quantitative estimate of drug-likeness (QED) is 0.816. The van der Waals surface area contributed by atoms with E-state index in [4.69, 9.17) is 9.47 Å². The minimum absolute atomic E-state index is 0.0614. The van der Waals surface area contributed by atoms with Gasteiger partial charge in [0.25, 0.3) is 0 Å². The number of amides is 1. The highest BCUT2D eigenvalue weighted by molar-refractivity contribution is 7.18. The van der Waals surface area contributed by atoms with E-state index in [1.807, 2.05) is 24.3 Å². The van der Waals surface area contributed by atoms with Gasteiger partial charge in [-0.2, -0.15) is 0 Å². The van der Waals surface area contributed by atoms with Crippen LogP contribution in [0.5, 0.6) is 0 Å². The lowest BCUT2D eigenvalue weighted by atomic mass is 10.2. The molecule has 25 heavy (non-hydrogen) atoms. The van der Waals surface area contributed by atoms with Crippen molar-refractivity contribution in [2.45, 2.75) is 32.7 Å². The van der Waals surface area contributed by atoms with Crippen LogP contribution in [0, 0.1) is 0 Å². The number of thiazole rings is 1. The number of para-hydroxylation sites is 1. The summed E-state index contributed by atoms with van der Waals surface area (Å²) >= 11 is 1.60. The maximum atomic E-state index is 11.9. The molecular weight excluding hydrogens is 338 g/mol. The molecule has 1 N–H and O–H groups in total. The minimum atomic E-state index is -0.0875. The van der Waals surface area contributed by atoms with Gasteiger partial charge in [0.1, 0.15) is 11.6 Å². The van der Waals surface area contributed by atoms with Gasteiger partial charge in [-0.25, -0.2) is 4.98 Å². The largest absolute Gasteiger partial charge is 0.373 e. The van der Waals surface area contributed by atoms with Crippen molar-refractivity contribution >= 4 is 27.5 Å². The van der Waals surface area contributed by atoms with Gasteiger partial charge in [0.05, 0.1) is 29.0 Å². The van der Waals surface area contributed by atoms with Crippen molar-refractivity contribution in [1.29, 1.82) is 0 Å². The molecule has 1 saturated heterocycles. The first kappa shape index (κ1) is 18.3. The second-order valence-electron chi connectivity index (χ2n) is 6.43. The number of carbonyl (C=O) groups excluding carboxylic acids is 1. The average molecular weight is 363 g/mol. The normalized spacial score (nSPS) is 21.5. The first-order valence-corrected chi connectivity index (χ1v) is 9.48. The van der Waals surface area contributed by atoms with Crippen LogP contribution in [0.1, 0.15) is 18.9 Å². The van der Waals surface area contributed by atoms with E-state index in [9.17, 15) is 4.79 Å². The van der Waals surface area contributed by atoms with Gasteiger partial charge < -0.3 is 14.8 Å². The lowest BCUT2D eigenvalue weighted by Crippen LogP contribution is -2.48. The third kappa shape index (κ3) is 5.47. The maximum absolute atomic E-state index is 11.9. The molecule has 0 aliphatic carbocycles. The van der Waals surface area contributed by atoms with Gasteiger partial charge in [-0.15, -0.1) is 11.3 Å². The van der Waals surface area contributed by atoms with Crippen LogP contribution in [0.4, 0.5) is 0 Å². The van der Waals surface area contributed by atoms with E-state index in [-0.39, 0.29) is 24.7 Å². The standard InChI is InChI=1S/C18H25N3O3S/c1-13-9-21(10-14(2)24-13)8-7-19-17(22)11-23-12-18-20-15-5-3-4-6-16(15)25-18/h3-6,13-14H,7-12H2,1-2H3,(H,19,22)/t13-,14-/m0/s1. The van der Waals surface area contributed by atoms with Gasteiger partial charge >= 0.3 is 0 Å². The zero-order chi connectivity index (χ0) is 17.6. The van der Waals surface area contributed by atoms with E-state index in [0.717, 1.165) is 34.9 Å². The fraction of sp³-hybridized carbons (Fsp3) is 0.556. The predicted octanol–water partition coefficient (Wildman–Crippen LogP) is 2.04. The topological polar surface area (TPSA) is 63.7 Å². The Bertz CT molecular complexity index is 663. The number of ether oxygens (including phenoxy) is 2. The zero-order valence-corrected chi connectivity index (χ0v) is 15.6. The van der Waals surface area contributed by atoms with Crippen molar-refractivity contribution in [3.8, 4) is 0 Å². The summed E-state index contributed by atoms with van der Waals surface area (Å²) in [7, 11) is 0. The van der Waals surface area contributed by atoms with E-state index in [2.05, 4.69) is 29.0 Å². The van der Waals surface area contributed by atoms with Gasteiger partial charge in [0.2, 0.25) is 5.91 Å². The first-order chi connectivity index (χ1) is 12.1. The number of hydrogen-bond donors (Lipinski definition) is 1. The second kappa shape index (κ2) is 8.71. The van der Waals surface area contributed by atoms with E-state index in [1.165, 1.54) is 0 Å². The number of fused-ring (bicyclic) bond motifs is 1. The summed E-state index contributed by atoms with van der Waals surface area (Å²) in [6.07, 6.45) is 0.494. The molecule has 2 heterocycles. The van der Waals surface area contributed by atoms with E-state index in [0.29, 0.717) is 13.2 Å². The maximum Gasteiger partial charge on any atom is 0.246 e. The van der Waals surface area contributed by atoms with Crippen LogP contribution in [0.2, 0.25) is 0 Å². The highest BCUT2D eigenvalue weighted by Gasteiger charge is 2.21. The summed E-state index contributed by atoms with van der Waals surface area (Å²) in [5.74, 6) is -0.0875. The van der Waals surface area contributed by atoms with Crippen LogP contribution >= 0.6 is 11.3 Å².